The zero-order chi connectivity index (χ0) is 19.2. The van der Waals surface area contributed by atoms with Crippen LogP contribution in [-0.4, -0.2) is 49.8 Å². The number of esters is 1. The molecule has 146 valence electrons. The highest BCUT2D eigenvalue weighted by atomic mass is 32.1. The summed E-state index contributed by atoms with van der Waals surface area (Å²) in [7, 11) is 3.27. The Bertz CT molecular complexity index is 777. The molecule has 1 fully saturated rings. The van der Waals surface area contributed by atoms with Gasteiger partial charge in [-0.3, -0.25) is 9.69 Å². The number of carbonyl (C=O) groups is 1. The standard InChI is InChI=1S/C20H26N2O4S/c1-4-26-20(23)14-7-6-10-22(11-14)12-15-13-27-19(21-15)16-8-5-9-17(24-2)18(16)25-3/h5,8-9,13-14H,4,6-7,10-12H2,1-3H3/t14-/m1/s1. The second-order valence-electron chi connectivity index (χ2n) is 6.51. The first-order chi connectivity index (χ1) is 13.2. The fourth-order valence-corrected chi connectivity index (χ4v) is 4.27. The molecule has 0 saturated carbocycles. The average Bonchev–Trinajstić information content (AvgIpc) is 3.15. The number of hydrogen-bond donors (Lipinski definition) is 0. The Labute approximate surface area is 164 Å². The maximum absolute atomic E-state index is 12.0. The minimum absolute atomic E-state index is 0.0321. The Hall–Kier alpha value is -2.12. The molecule has 1 saturated heterocycles. The van der Waals surface area contributed by atoms with Crippen molar-refractivity contribution in [1.82, 2.24) is 9.88 Å². The summed E-state index contributed by atoms with van der Waals surface area (Å²) in [5.74, 6) is 1.28. The molecule has 0 aliphatic carbocycles. The quantitative estimate of drug-likeness (QED) is 0.673. The highest BCUT2D eigenvalue weighted by molar-refractivity contribution is 7.13. The Balaban J connectivity index is 1.71. The third kappa shape index (κ3) is 4.59. The van der Waals surface area contributed by atoms with Crippen LogP contribution in [0.5, 0.6) is 11.5 Å². The van der Waals surface area contributed by atoms with E-state index < -0.39 is 0 Å². The van der Waals surface area contributed by atoms with E-state index in [-0.39, 0.29) is 11.9 Å². The molecule has 0 spiro atoms. The maximum atomic E-state index is 12.0. The zero-order valence-electron chi connectivity index (χ0n) is 16.1. The van der Waals surface area contributed by atoms with Crippen LogP contribution in [0.4, 0.5) is 0 Å². The van der Waals surface area contributed by atoms with Crippen molar-refractivity contribution in [3.63, 3.8) is 0 Å². The van der Waals surface area contributed by atoms with Crippen molar-refractivity contribution in [3.05, 3.63) is 29.3 Å². The van der Waals surface area contributed by atoms with Gasteiger partial charge in [0.25, 0.3) is 0 Å². The second-order valence-corrected chi connectivity index (χ2v) is 7.37. The van der Waals surface area contributed by atoms with Crippen LogP contribution in [0, 0.1) is 5.92 Å². The smallest absolute Gasteiger partial charge is 0.310 e. The van der Waals surface area contributed by atoms with Crippen LogP contribution in [-0.2, 0) is 16.1 Å². The van der Waals surface area contributed by atoms with Gasteiger partial charge in [0.1, 0.15) is 5.01 Å². The first-order valence-corrected chi connectivity index (χ1v) is 10.1. The number of aromatic nitrogens is 1. The van der Waals surface area contributed by atoms with Crippen molar-refractivity contribution in [2.24, 2.45) is 5.92 Å². The molecule has 0 N–H and O–H groups in total. The summed E-state index contributed by atoms with van der Waals surface area (Å²) >= 11 is 1.59. The molecular weight excluding hydrogens is 364 g/mol. The summed E-state index contributed by atoms with van der Waals surface area (Å²) < 4.78 is 16.1. The molecular formula is C20H26N2O4S. The molecule has 27 heavy (non-hydrogen) atoms. The normalized spacial score (nSPS) is 17.5. The number of rotatable bonds is 7. The minimum Gasteiger partial charge on any atom is -0.493 e. The number of para-hydroxylation sites is 1. The molecule has 2 aromatic rings. The lowest BCUT2D eigenvalue weighted by atomic mass is 9.98. The van der Waals surface area contributed by atoms with Gasteiger partial charge in [0, 0.05) is 18.5 Å². The number of piperidine rings is 1. The average molecular weight is 391 g/mol. The fourth-order valence-electron chi connectivity index (χ4n) is 3.44. The first-order valence-electron chi connectivity index (χ1n) is 9.21. The third-order valence-electron chi connectivity index (χ3n) is 4.70. The van der Waals surface area contributed by atoms with Crippen LogP contribution < -0.4 is 9.47 Å². The molecule has 1 aromatic carbocycles. The van der Waals surface area contributed by atoms with Crippen LogP contribution >= 0.6 is 11.3 Å². The molecule has 1 aromatic heterocycles. The number of benzene rings is 1. The van der Waals surface area contributed by atoms with Crippen molar-refractivity contribution >= 4 is 17.3 Å². The van der Waals surface area contributed by atoms with Crippen molar-refractivity contribution in [1.29, 1.82) is 0 Å². The predicted molar refractivity (Wildman–Crippen MR) is 105 cm³/mol. The lowest BCUT2D eigenvalue weighted by Gasteiger charge is -2.30. The molecule has 0 radical (unpaired) electrons. The summed E-state index contributed by atoms with van der Waals surface area (Å²) in [6, 6.07) is 5.80. The van der Waals surface area contributed by atoms with Crippen LogP contribution in [0.2, 0.25) is 0 Å². The lowest BCUT2D eigenvalue weighted by molar-refractivity contribution is -0.150. The summed E-state index contributed by atoms with van der Waals surface area (Å²) in [5.41, 5.74) is 1.93. The Morgan fingerprint density at radius 2 is 2.19 bits per heavy atom. The molecule has 2 heterocycles. The molecule has 0 amide bonds. The molecule has 0 bridgehead atoms. The molecule has 7 heteroatoms. The van der Waals surface area contributed by atoms with E-state index in [1.165, 1.54) is 0 Å². The van der Waals surface area contributed by atoms with E-state index in [9.17, 15) is 4.79 Å². The van der Waals surface area contributed by atoms with E-state index in [0.29, 0.717) is 18.1 Å². The van der Waals surface area contributed by atoms with Gasteiger partial charge in [-0.25, -0.2) is 4.98 Å². The highest BCUT2D eigenvalue weighted by Crippen LogP contribution is 2.39. The van der Waals surface area contributed by atoms with Crippen molar-refractivity contribution in [3.8, 4) is 22.1 Å². The van der Waals surface area contributed by atoms with E-state index in [0.717, 1.165) is 48.7 Å². The number of thiazole rings is 1. The van der Waals surface area contributed by atoms with Gasteiger partial charge in [0.2, 0.25) is 0 Å². The van der Waals surface area contributed by atoms with Crippen LogP contribution in [0.25, 0.3) is 10.6 Å². The minimum atomic E-state index is -0.0812. The van der Waals surface area contributed by atoms with Gasteiger partial charge in [-0.05, 0) is 38.4 Å². The second kappa shape index (κ2) is 9.19. The number of nitrogens with zero attached hydrogens (tertiary/aromatic N) is 2. The molecule has 1 atom stereocenters. The molecule has 0 unspecified atom stereocenters. The van der Waals surface area contributed by atoms with Crippen LogP contribution in [0.3, 0.4) is 0 Å². The summed E-state index contributed by atoms with van der Waals surface area (Å²) in [5, 5.41) is 2.97. The topological polar surface area (TPSA) is 60.9 Å². The Morgan fingerprint density at radius 1 is 1.33 bits per heavy atom. The number of hydrogen-bond acceptors (Lipinski definition) is 7. The van der Waals surface area contributed by atoms with Crippen molar-refractivity contribution < 1.29 is 19.0 Å². The zero-order valence-corrected chi connectivity index (χ0v) is 16.9. The van der Waals surface area contributed by atoms with Crippen molar-refractivity contribution in [2.45, 2.75) is 26.3 Å². The number of ether oxygens (including phenoxy) is 3. The predicted octanol–water partition coefficient (Wildman–Crippen LogP) is 3.60. The summed E-state index contributed by atoms with van der Waals surface area (Å²) in [6.45, 7) is 4.73. The summed E-state index contributed by atoms with van der Waals surface area (Å²) in [6.07, 6.45) is 1.91. The first kappa shape index (κ1) is 19.6. The van der Waals surface area contributed by atoms with Crippen molar-refractivity contribution in [2.75, 3.05) is 33.9 Å². The van der Waals surface area contributed by atoms with Gasteiger partial charge >= 0.3 is 5.97 Å². The van der Waals surface area contributed by atoms with Gasteiger partial charge in [-0.15, -0.1) is 11.3 Å². The maximum Gasteiger partial charge on any atom is 0.310 e. The van der Waals surface area contributed by atoms with Crippen LogP contribution in [0.1, 0.15) is 25.5 Å². The molecule has 1 aliphatic heterocycles. The third-order valence-corrected chi connectivity index (χ3v) is 5.62. The largest absolute Gasteiger partial charge is 0.493 e. The molecule has 3 rings (SSSR count). The van der Waals surface area contributed by atoms with E-state index in [4.69, 9.17) is 19.2 Å². The van der Waals surface area contributed by atoms with E-state index in [2.05, 4.69) is 10.3 Å². The fraction of sp³-hybridized carbons (Fsp3) is 0.500. The van der Waals surface area contributed by atoms with E-state index in [1.807, 2.05) is 25.1 Å². The number of methoxy groups -OCH3 is 2. The van der Waals surface area contributed by atoms with Gasteiger partial charge in [0.05, 0.1) is 38.0 Å². The van der Waals surface area contributed by atoms with Crippen LogP contribution in [0.15, 0.2) is 23.6 Å². The van der Waals surface area contributed by atoms with Gasteiger partial charge in [-0.1, -0.05) is 6.07 Å². The number of carbonyl (C=O) groups excluding carboxylic acids is 1. The monoisotopic (exact) mass is 390 g/mol. The molecule has 6 nitrogen and oxygen atoms in total. The van der Waals surface area contributed by atoms with E-state index >= 15 is 0 Å². The lowest BCUT2D eigenvalue weighted by Crippen LogP contribution is -2.39. The Morgan fingerprint density at radius 3 is 2.93 bits per heavy atom. The number of likely N-dealkylation sites (tertiary alicyclic amines) is 1. The molecule has 1 aliphatic rings. The Kier molecular flexibility index (Phi) is 6.68. The summed E-state index contributed by atoms with van der Waals surface area (Å²) in [4.78, 5) is 19.1. The van der Waals surface area contributed by atoms with E-state index in [1.54, 1.807) is 25.6 Å². The SMILES string of the molecule is CCOC(=O)[C@@H]1CCCN(Cc2csc(-c3cccc(OC)c3OC)n2)C1. The van der Waals surface area contributed by atoms with Gasteiger partial charge in [0.15, 0.2) is 11.5 Å². The van der Waals surface area contributed by atoms with Gasteiger partial charge < -0.3 is 14.2 Å². The highest BCUT2D eigenvalue weighted by Gasteiger charge is 2.27. The van der Waals surface area contributed by atoms with Gasteiger partial charge in [-0.2, -0.15) is 0 Å².